The van der Waals surface area contributed by atoms with Gasteiger partial charge in [0.05, 0.1) is 10.7 Å². The molecule has 0 spiro atoms. The maximum Gasteiger partial charge on any atom is 0.104 e. The minimum absolute atomic E-state index is 0.351. The lowest BCUT2D eigenvalue weighted by molar-refractivity contribution is 1.13. The van der Waals surface area contributed by atoms with Gasteiger partial charge in [0, 0.05) is 11.3 Å². The van der Waals surface area contributed by atoms with Crippen LogP contribution in [0.1, 0.15) is 23.6 Å². The third kappa shape index (κ3) is 3.11. The van der Waals surface area contributed by atoms with E-state index >= 15 is 0 Å². The lowest BCUT2D eigenvalue weighted by Gasteiger charge is -2.15. The number of hydrogen-bond donors (Lipinski definition) is 2. The Morgan fingerprint density at radius 2 is 2.05 bits per heavy atom. The van der Waals surface area contributed by atoms with Crippen molar-refractivity contribution in [2.45, 2.75) is 20.3 Å². The predicted molar refractivity (Wildman–Crippen MR) is 91.2 cm³/mol. The van der Waals surface area contributed by atoms with Crippen molar-refractivity contribution in [1.29, 1.82) is 0 Å². The fourth-order valence-corrected chi connectivity index (χ4v) is 2.46. The van der Waals surface area contributed by atoms with Crippen LogP contribution in [0.4, 0.5) is 11.4 Å². The highest BCUT2D eigenvalue weighted by molar-refractivity contribution is 7.80. The van der Waals surface area contributed by atoms with Crippen molar-refractivity contribution in [2.75, 3.05) is 5.32 Å². The third-order valence-corrected chi connectivity index (χ3v) is 3.80. The number of para-hydroxylation sites is 1. The molecule has 0 bridgehead atoms. The molecule has 2 aromatic rings. The van der Waals surface area contributed by atoms with Gasteiger partial charge in [-0.2, -0.15) is 0 Å². The Kier molecular flexibility index (Phi) is 4.63. The van der Waals surface area contributed by atoms with Crippen LogP contribution in [0.2, 0.25) is 5.02 Å². The highest BCUT2D eigenvalue weighted by Crippen LogP contribution is 2.30. The van der Waals surface area contributed by atoms with Crippen LogP contribution in [-0.2, 0) is 6.42 Å². The van der Waals surface area contributed by atoms with Crippen LogP contribution in [0.5, 0.6) is 0 Å². The lowest BCUT2D eigenvalue weighted by atomic mass is 10.1. The van der Waals surface area contributed by atoms with E-state index in [0.717, 1.165) is 23.4 Å². The normalized spacial score (nSPS) is 10.3. The molecule has 0 unspecified atom stereocenters. The molecular formula is C16H17ClN2S. The summed E-state index contributed by atoms with van der Waals surface area (Å²) in [7, 11) is 0. The molecule has 0 radical (unpaired) electrons. The lowest BCUT2D eigenvalue weighted by Crippen LogP contribution is -2.09. The second-order valence-electron chi connectivity index (χ2n) is 4.65. The smallest absolute Gasteiger partial charge is 0.104 e. The zero-order valence-electron chi connectivity index (χ0n) is 11.5. The molecule has 0 aliphatic heterocycles. The molecule has 0 saturated heterocycles. The van der Waals surface area contributed by atoms with Crippen molar-refractivity contribution in [3.8, 4) is 0 Å². The third-order valence-electron chi connectivity index (χ3n) is 3.25. The van der Waals surface area contributed by atoms with Gasteiger partial charge in [-0.15, -0.1) is 0 Å². The maximum absolute atomic E-state index is 6.29. The van der Waals surface area contributed by atoms with Gasteiger partial charge in [0.1, 0.15) is 4.99 Å². The number of halogens is 1. The monoisotopic (exact) mass is 304 g/mol. The summed E-state index contributed by atoms with van der Waals surface area (Å²) < 4.78 is 0. The van der Waals surface area contributed by atoms with Crippen molar-refractivity contribution in [2.24, 2.45) is 5.73 Å². The molecule has 0 atom stereocenters. The first-order chi connectivity index (χ1) is 9.52. The van der Waals surface area contributed by atoms with E-state index in [-0.39, 0.29) is 0 Å². The first-order valence-corrected chi connectivity index (χ1v) is 7.26. The molecule has 20 heavy (non-hydrogen) atoms. The van der Waals surface area contributed by atoms with Crippen LogP contribution in [-0.4, -0.2) is 4.99 Å². The van der Waals surface area contributed by atoms with Crippen LogP contribution in [0.15, 0.2) is 36.4 Å². The number of nitrogens with two attached hydrogens (primary N) is 1. The Labute approximate surface area is 130 Å². The van der Waals surface area contributed by atoms with Gasteiger partial charge in [-0.3, -0.25) is 0 Å². The predicted octanol–water partition coefficient (Wildman–Crippen LogP) is 4.59. The van der Waals surface area contributed by atoms with E-state index < -0.39 is 0 Å². The first kappa shape index (κ1) is 14.8. The second-order valence-corrected chi connectivity index (χ2v) is 5.49. The Bertz CT molecular complexity index is 653. The first-order valence-electron chi connectivity index (χ1n) is 6.47. The maximum atomic E-state index is 6.29. The fraction of sp³-hybridized carbons (Fsp3) is 0.188. The molecular weight excluding hydrogens is 288 g/mol. The number of benzene rings is 2. The quantitative estimate of drug-likeness (QED) is 0.811. The summed E-state index contributed by atoms with van der Waals surface area (Å²) >= 11 is 11.2. The van der Waals surface area contributed by atoms with Crippen LogP contribution in [0.3, 0.4) is 0 Å². The van der Waals surface area contributed by atoms with Crippen molar-refractivity contribution >= 4 is 40.2 Å². The topological polar surface area (TPSA) is 38.0 Å². The van der Waals surface area contributed by atoms with Crippen LogP contribution >= 0.6 is 23.8 Å². The Balaban J connectivity index is 2.38. The minimum atomic E-state index is 0.351. The van der Waals surface area contributed by atoms with Crippen LogP contribution in [0, 0.1) is 6.92 Å². The molecule has 0 heterocycles. The molecule has 3 N–H and O–H groups in total. The highest BCUT2D eigenvalue weighted by Gasteiger charge is 2.08. The summed E-state index contributed by atoms with van der Waals surface area (Å²) in [5, 5.41) is 4.02. The van der Waals surface area contributed by atoms with Gasteiger partial charge in [0.15, 0.2) is 0 Å². The molecule has 2 rings (SSSR count). The molecule has 2 aromatic carbocycles. The number of anilines is 2. The van der Waals surface area contributed by atoms with E-state index in [4.69, 9.17) is 29.6 Å². The van der Waals surface area contributed by atoms with Crippen LogP contribution in [0.25, 0.3) is 0 Å². The summed E-state index contributed by atoms with van der Waals surface area (Å²) in [6.07, 6.45) is 0.965. The van der Waals surface area contributed by atoms with Gasteiger partial charge < -0.3 is 11.1 Å². The van der Waals surface area contributed by atoms with Gasteiger partial charge in [-0.25, -0.2) is 0 Å². The molecule has 0 aliphatic rings. The molecule has 4 heteroatoms. The molecule has 0 aliphatic carbocycles. The highest BCUT2D eigenvalue weighted by atomic mass is 35.5. The van der Waals surface area contributed by atoms with E-state index in [2.05, 4.69) is 37.4 Å². The van der Waals surface area contributed by atoms with E-state index in [1.165, 1.54) is 11.1 Å². The van der Waals surface area contributed by atoms with Gasteiger partial charge in [-0.1, -0.05) is 48.9 Å². The van der Waals surface area contributed by atoms with Gasteiger partial charge in [0.25, 0.3) is 0 Å². The van der Waals surface area contributed by atoms with Gasteiger partial charge in [0.2, 0.25) is 0 Å². The SMILES string of the molecule is CCc1cccc(C)c1Nc1ccc(C(N)=S)cc1Cl. The zero-order chi connectivity index (χ0) is 14.7. The van der Waals surface area contributed by atoms with Crippen molar-refractivity contribution in [1.82, 2.24) is 0 Å². The van der Waals surface area contributed by atoms with Crippen molar-refractivity contribution in [3.05, 3.63) is 58.1 Å². The average molecular weight is 305 g/mol. The summed E-state index contributed by atoms with van der Waals surface area (Å²) in [5.74, 6) is 0. The number of thiocarbonyl (C=S) groups is 1. The fourth-order valence-electron chi connectivity index (χ4n) is 2.11. The van der Waals surface area contributed by atoms with Gasteiger partial charge >= 0.3 is 0 Å². The Hall–Kier alpha value is -1.58. The molecule has 0 saturated carbocycles. The van der Waals surface area contributed by atoms with Crippen LogP contribution < -0.4 is 11.1 Å². The molecule has 0 amide bonds. The Morgan fingerprint density at radius 1 is 1.30 bits per heavy atom. The summed E-state index contributed by atoms with van der Waals surface area (Å²) in [4.78, 5) is 0.351. The molecule has 0 fully saturated rings. The molecule has 2 nitrogen and oxygen atoms in total. The van der Waals surface area contributed by atoms with E-state index in [9.17, 15) is 0 Å². The molecule has 104 valence electrons. The summed E-state index contributed by atoms with van der Waals surface area (Å²) in [5.41, 5.74) is 10.8. The number of nitrogens with one attached hydrogen (secondary N) is 1. The van der Waals surface area contributed by atoms with E-state index in [1.54, 1.807) is 6.07 Å². The summed E-state index contributed by atoms with van der Waals surface area (Å²) in [6.45, 7) is 4.22. The second kappa shape index (κ2) is 6.25. The number of rotatable bonds is 4. The van der Waals surface area contributed by atoms with Crippen molar-refractivity contribution < 1.29 is 0 Å². The van der Waals surface area contributed by atoms with E-state index in [1.807, 2.05) is 12.1 Å². The zero-order valence-corrected chi connectivity index (χ0v) is 13.1. The van der Waals surface area contributed by atoms with E-state index in [0.29, 0.717) is 10.0 Å². The van der Waals surface area contributed by atoms with Crippen molar-refractivity contribution in [3.63, 3.8) is 0 Å². The average Bonchev–Trinajstić information content (AvgIpc) is 2.42. The number of hydrogen-bond acceptors (Lipinski definition) is 2. The number of aryl methyl sites for hydroxylation is 2. The Morgan fingerprint density at radius 3 is 2.65 bits per heavy atom. The van der Waals surface area contributed by atoms with Gasteiger partial charge in [-0.05, 0) is 42.7 Å². The molecule has 0 aromatic heterocycles. The standard InChI is InChI=1S/C16H17ClN2S/c1-3-11-6-4-5-10(2)15(11)19-14-8-7-12(16(18)20)9-13(14)17/h4-9,19H,3H2,1-2H3,(H2,18,20). The largest absolute Gasteiger partial charge is 0.389 e. The summed E-state index contributed by atoms with van der Waals surface area (Å²) in [6, 6.07) is 11.8. The minimum Gasteiger partial charge on any atom is -0.389 e.